The third-order valence-electron chi connectivity index (χ3n) is 5.68. The molecule has 152 valence electrons. The Bertz CT molecular complexity index is 1020. The van der Waals surface area contributed by atoms with Gasteiger partial charge in [-0.3, -0.25) is 9.00 Å². The summed E-state index contributed by atoms with van der Waals surface area (Å²) in [5.74, 6) is 1.77. The molecule has 2 nitrogen and oxygen atoms in total. The lowest BCUT2D eigenvalue weighted by Crippen LogP contribution is -2.32. The van der Waals surface area contributed by atoms with Crippen LogP contribution in [0.3, 0.4) is 0 Å². The molecule has 2 aromatic rings. The Labute approximate surface area is 188 Å². The highest BCUT2D eigenvalue weighted by atomic mass is 35.5. The van der Waals surface area contributed by atoms with E-state index in [4.69, 9.17) is 23.2 Å². The van der Waals surface area contributed by atoms with E-state index in [1.807, 2.05) is 31.2 Å². The molecule has 1 unspecified atom stereocenters. The Hall–Kier alpha value is -1.07. The standard InChI is InChI=1S/C23H22Cl2O2S2/c1-14-5-16(3-4-21(14)22(26)6-15-12-29(27)13-15)17-10-23(2,28-11-17)18-7-19(24)9-20(25)8-18/h3-5,7-9,11,15H,6,10,12-13H2,1-2H3. The lowest BCUT2D eigenvalue weighted by molar-refractivity contribution is 0.0966. The number of thioether (sulfide) groups is 1. The average molecular weight is 465 g/mol. The number of halogens is 2. The van der Waals surface area contributed by atoms with Crippen LogP contribution in [0, 0.1) is 12.8 Å². The fraction of sp³-hybridized carbons (Fsp3) is 0.348. The SMILES string of the molecule is Cc1cc(C2=CSC(C)(c3cc(Cl)cc(Cl)c3)C2)ccc1C(=O)CC1CS(=O)C1. The number of carbonyl (C=O) groups excluding carboxylic acids is 1. The average Bonchev–Trinajstić information content (AvgIpc) is 3.03. The largest absolute Gasteiger partial charge is 0.294 e. The van der Waals surface area contributed by atoms with Crippen molar-refractivity contribution in [2.24, 2.45) is 5.92 Å². The fourth-order valence-corrected chi connectivity index (χ4v) is 6.82. The van der Waals surface area contributed by atoms with Crippen LogP contribution in [-0.4, -0.2) is 21.5 Å². The first-order chi connectivity index (χ1) is 13.7. The molecule has 1 fully saturated rings. The zero-order chi connectivity index (χ0) is 20.8. The predicted molar refractivity (Wildman–Crippen MR) is 125 cm³/mol. The molecule has 2 aromatic carbocycles. The van der Waals surface area contributed by atoms with Crippen molar-refractivity contribution in [1.29, 1.82) is 0 Å². The van der Waals surface area contributed by atoms with Crippen molar-refractivity contribution in [2.45, 2.75) is 31.4 Å². The van der Waals surface area contributed by atoms with E-state index in [9.17, 15) is 9.00 Å². The molecule has 2 aliphatic heterocycles. The van der Waals surface area contributed by atoms with Crippen LogP contribution >= 0.6 is 35.0 Å². The second-order valence-corrected chi connectivity index (χ2v) is 11.9. The van der Waals surface area contributed by atoms with Crippen molar-refractivity contribution in [3.63, 3.8) is 0 Å². The molecular weight excluding hydrogens is 443 g/mol. The molecule has 0 radical (unpaired) electrons. The van der Waals surface area contributed by atoms with Gasteiger partial charge < -0.3 is 0 Å². The van der Waals surface area contributed by atoms with Gasteiger partial charge in [-0.25, -0.2) is 0 Å². The Kier molecular flexibility index (Phi) is 6.00. The van der Waals surface area contributed by atoms with E-state index in [2.05, 4.69) is 18.4 Å². The summed E-state index contributed by atoms with van der Waals surface area (Å²) in [7, 11) is -0.711. The first-order valence-corrected chi connectivity index (χ1v) is 12.7. The van der Waals surface area contributed by atoms with E-state index in [0.717, 1.165) is 28.7 Å². The molecule has 0 bridgehead atoms. The molecule has 0 aromatic heterocycles. The summed E-state index contributed by atoms with van der Waals surface area (Å²) in [6, 6.07) is 11.8. The Morgan fingerprint density at radius 1 is 1.17 bits per heavy atom. The van der Waals surface area contributed by atoms with Crippen molar-refractivity contribution < 1.29 is 9.00 Å². The van der Waals surface area contributed by atoms with Gasteiger partial charge in [0, 0.05) is 49.1 Å². The van der Waals surface area contributed by atoms with E-state index in [-0.39, 0.29) is 16.4 Å². The summed E-state index contributed by atoms with van der Waals surface area (Å²) in [5.41, 5.74) is 5.30. The summed E-state index contributed by atoms with van der Waals surface area (Å²) in [4.78, 5) is 12.6. The van der Waals surface area contributed by atoms with Crippen molar-refractivity contribution in [3.8, 4) is 0 Å². The number of Topliss-reactive ketones (excluding diaryl/α,β-unsaturated/α-hetero) is 1. The molecule has 0 aliphatic carbocycles. The van der Waals surface area contributed by atoms with Crippen molar-refractivity contribution in [2.75, 3.05) is 11.5 Å². The van der Waals surface area contributed by atoms with Gasteiger partial charge in [-0.15, -0.1) is 11.8 Å². The quantitative estimate of drug-likeness (QED) is 0.464. The molecule has 0 saturated carbocycles. The number of hydrogen-bond acceptors (Lipinski definition) is 3. The van der Waals surface area contributed by atoms with E-state index in [1.165, 1.54) is 5.57 Å². The highest BCUT2D eigenvalue weighted by Crippen LogP contribution is 2.51. The van der Waals surface area contributed by atoms with Crippen LogP contribution in [0.2, 0.25) is 10.0 Å². The van der Waals surface area contributed by atoms with Gasteiger partial charge in [0.2, 0.25) is 0 Å². The summed E-state index contributed by atoms with van der Waals surface area (Å²) in [6.45, 7) is 4.20. The van der Waals surface area contributed by atoms with Gasteiger partial charge in [-0.2, -0.15) is 0 Å². The number of aryl methyl sites for hydroxylation is 1. The molecular formula is C23H22Cl2O2S2. The number of ketones is 1. The zero-order valence-electron chi connectivity index (χ0n) is 16.3. The first kappa shape index (κ1) is 21.2. The van der Waals surface area contributed by atoms with Crippen LogP contribution in [0.5, 0.6) is 0 Å². The maximum Gasteiger partial charge on any atom is 0.163 e. The van der Waals surface area contributed by atoms with Crippen molar-refractivity contribution >= 4 is 57.1 Å². The van der Waals surface area contributed by atoms with Crippen LogP contribution in [0.1, 0.15) is 46.8 Å². The molecule has 0 amide bonds. The number of allylic oxidation sites excluding steroid dienone is 1. The smallest absolute Gasteiger partial charge is 0.163 e. The van der Waals surface area contributed by atoms with Gasteiger partial charge in [-0.05, 0) is 72.1 Å². The van der Waals surface area contributed by atoms with Crippen LogP contribution < -0.4 is 0 Å². The molecule has 1 saturated heterocycles. The van der Waals surface area contributed by atoms with Crippen molar-refractivity contribution in [1.82, 2.24) is 0 Å². The Balaban J connectivity index is 1.50. The topological polar surface area (TPSA) is 34.1 Å². The monoisotopic (exact) mass is 464 g/mol. The van der Waals surface area contributed by atoms with Gasteiger partial charge in [0.25, 0.3) is 0 Å². The zero-order valence-corrected chi connectivity index (χ0v) is 19.5. The molecule has 2 heterocycles. The number of rotatable bonds is 5. The summed E-state index contributed by atoms with van der Waals surface area (Å²) in [6.07, 6.45) is 1.37. The molecule has 0 spiro atoms. The lowest BCUT2D eigenvalue weighted by atomic mass is 9.89. The minimum atomic E-state index is -0.711. The third kappa shape index (κ3) is 4.51. The number of carbonyl (C=O) groups is 1. The van der Waals surface area contributed by atoms with Gasteiger partial charge in [0.1, 0.15) is 0 Å². The van der Waals surface area contributed by atoms with E-state index in [1.54, 1.807) is 17.8 Å². The summed E-state index contributed by atoms with van der Waals surface area (Å²) in [5, 5.41) is 3.50. The minimum Gasteiger partial charge on any atom is -0.294 e. The van der Waals surface area contributed by atoms with Crippen LogP contribution in [-0.2, 0) is 15.5 Å². The van der Waals surface area contributed by atoms with Crippen LogP contribution in [0.25, 0.3) is 5.57 Å². The van der Waals surface area contributed by atoms with Gasteiger partial charge in [-0.1, -0.05) is 41.4 Å². The first-order valence-electron chi connectivity index (χ1n) is 9.56. The van der Waals surface area contributed by atoms with Gasteiger partial charge in [0.15, 0.2) is 5.78 Å². The second-order valence-electron chi connectivity index (χ2n) is 8.12. The predicted octanol–water partition coefficient (Wildman–Crippen LogP) is 6.65. The fourth-order valence-electron chi connectivity index (χ4n) is 3.99. The summed E-state index contributed by atoms with van der Waals surface area (Å²) >= 11 is 14.2. The van der Waals surface area contributed by atoms with Gasteiger partial charge >= 0.3 is 0 Å². The third-order valence-corrected chi connectivity index (χ3v) is 9.10. The van der Waals surface area contributed by atoms with Crippen molar-refractivity contribution in [3.05, 3.63) is 74.1 Å². The maximum atomic E-state index is 12.6. The normalized spacial score (nSPS) is 26.1. The Morgan fingerprint density at radius 2 is 1.86 bits per heavy atom. The van der Waals surface area contributed by atoms with Crippen LogP contribution in [0.4, 0.5) is 0 Å². The van der Waals surface area contributed by atoms with E-state index >= 15 is 0 Å². The Morgan fingerprint density at radius 3 is 2.48 bits per heavy atom. The van der Waals surface area contributed by atoms with Crippen LogP contribution in [0.15, 0.2) is 41.8 Å². The van der Waals surface area contributed by atoms with Gasteiger partial charge in [0.05, 0.1) is 0 Å². The second kappa shape index (κ2) is 8.22. The molecule has 29 heavy (non-hydrogen) atoms. The number of benzene rings is 2. The highest BCUT2D eigenvalue weighted by Gasteiger charge is 2.34. The lowest BCUT2D eigenvalue weighted by Gasteiger charge is -2.25. The number of hydrogen-bond donors (Lipinski definition) is 0. The highest BCUT2D eigenvalue weighted by molar-refractivity contribution is 8.03. The molecule has 1 atom stereocenters. The van der Waals surface area contributed by atoms with E-state index < -0.39 is 10.8 Å². The summed E-state index contributed by atoms with van der Waals surface area (Å²) < 4.78 is 11.1. The molecule has 4 rings (SSSR count). The molecule has 6 heteroatoms. The molecule has 0 N–H and O–H groups in total. The van der Waals surface area contributed by atoms with E-state index in [0.29, 0.717) is 28.0 Å². The molecule has 2 aliphatic rings. The minimum absolute atomic E-state index is 0.119. The maximum absolute atomic E-state index is 12.6.